The zero-order chi connectivity index (χ0) is 21.7. The van der Waals surface area contributed by atoms with Gasteiger partial charge in [-0.1, -0.05) is 35.4 Å². The van der Waals surface area contributed by atoms with E-state index in [1.165, 1.54) is 4.90 Å². The van der Waals surface area contributed by atoms with E-state index in [9.17, 15) is 14.4 Å². The number of nitrogens with one attached hydrogen (secondary N) is 1. The maximum absolute atomic E-state index is 13.9. The number of hydrogen-bond donors (Lipinski definition) is 1. The number of halogens is 1. The summed E-state index contributed by atoms with van der Waals surface area (Å²) in [5, 5.41) is 3.52. The predicted molar refractivity (Wildman–Crippen MR) is 117 cm³/mol. The molecule has 3 fully saturated rings. The molecule has 3 amide bonds. The highest BCUT2D eigenvalue weighted by Crippen LogP contribution is 2.60. The molecule has 0 saturated carbocycles. The lowest BCUT2D eigenvalue weighted by molar-refractivity contribution is -0.135. The number of benzene rings is 2. The molecule has 0 radical (unpaired) electrons. The van der Waals surface area contributed by atoms with Crippen molar-refractivity contribution >= 4 is 40.7 Å². The molecule has 3 saturated heterocycles. The average molecular weight is 436 g/mol. The lowest BCUT2D eigenvalue weighted by Gasteiger charge is -2.37. The first-order chi connectivity index (χ1) is 14.9. The molecule has 4 heterocycles. The summed E-state index contributed by atoms with van der Waals surface area (Å²) in [6.45, 7) is 4.49. The summed E-state index contributed by atoms with van der Waals surface area (Å²) in [7, 11) is 0. The van der Waals surface area contributed by atoms with Crippen molar-refractivity contribution in [3.8, 4) is 0 Å². The Balaban J connectivity index is 1.58. The van der Waals surface area contributed by atoms with E-state index < -0.39 is 17.4 Å². The number of anilines is 2. The summed E-state index contributed by atoms with van der Waals surface area (Å²) in [5.41, 5.74) is 2.64. The molecular formula is C24H22ClN3O3. The van der Waals surface area contributed by atoms with Crippen LogP contribution in [0.2, 0.25) is 5.02 Å². The minimum absolute atomic E-state index is 0.122. The molecule has 2 aromatic rings. The van der Waals surface area contributed by atoms with Crippen LogP contribution in [0.25, 0.3) is 0 Å². The maximum atomic E-state index is 13.9. The molecule has 1 N–H and O–H groups in total. The summed E-state index contributed by atoms with van der Waals surface area (Å²) in [6, 6.07) is 11.0. The van der Waals surface area contributed by atoms with Gasteiger partial charge in [0.1, 0.15) is 5.54 Å². The number of nitrogens with zero attached hydrogens (tertiary/aromatic N) is 2. The summed E-state index contributed by atoms with van der Waals surface area (Å²) >= 11 is 6.30. The van der Waals surface area contributed by atoms with Crippen LogP contribution in [0, 0.1) is 25.7 Å². The molecule has 158 valence electrons. The topological polar surface area (TPSA) is 69.7 Å². The molecule has 2 aromatic carbocycles. The van der Waals surface area contributed by atoms with Crippen LogP contribution in [0.15, 0.2) is 36.4 Å². The second-order valence-corrected chi connectivity index (χ2v) is 9.48. The lowest BCUT2D eigenvalue weighted by Crippen LogP contribution is -2.54. The normalized spacial score (nSPS) is 31.4. The summed E-state index contributed by atoms with van der Waals surface area (Å²) in [6.07, 6.45) is 1.71. The van der Waals surface area contributed by atoms with Crippen LogP contribution in [-0.4, -0.2) is 35.2 Å². The van der Waals surface area contributed by atoms with Crippen molar-refractivity contribution in [3.63, 3.8) is 0 Å². The second-order valence-electron chi connectivity index (χ2n) is 9.07. The van der Waals surface area contributed by atoms with Crippen molar-refractivity contribution in [1.29, 1.82) is 0 Å². The Morgan fingerprint density at radius 3 is 2.71 bits per heavy atom. The summed E-state index contributed by atoms with van der Waals surface area (Å²) in [5.74, 6) is -2.00. The Hall–Kier alpha value is -2.70. The van der Waals surface area contributed by atoms with E-state index in [0.717, 1.165) is 29.7 Å². The van der Waals surface area contributed by atoms with Gasteiger partial charge in [-0.2, -0.15) is 0 Å². The highest BCUT2D eigenvalue weighted by atomic mass is 35.5. The van der Waals surface area contributed by atoms with Crippen molar-refractivity contribution < 1.29 is 14.4 Å². The molecule has 0 aliphatic carbocycles. The number of rotatable bonds is 1. The molecule has 4 aliphatic rings. The van der Waals surface area contributed by atoms with Crippen LogP contribution >= 0.6 is 11.6 Å². The fraction of sp³-hybridized carbons (Fsp3) is 0.375. The third-order valence-electron chi connectivity index (χ3n) is 7.63. The number of amides is 3. The molecular weight excluding hydrogens is 414 g/mol. The molecule has 1 spiro atoms. The van der Waals surface area contributed by atoms with Gasteiger partial charge >= 0.3 is 0 Å². The van der Waals surface area contributed by atoms with E-state index >= 15 is 0 Å². The van der Waals surface area contributed by atoms with Gasteiger partial charge in [0.15, 0.2) is 0 Å². The van der Waals surface area contributed by atoms with Gasteiger partial charge in [-0.15, -0.1) is 0 Å². The molecule has 6 nitrogen and oxygen atoms in total. The van der Waals surface area contributed by atoms with E-state index in [1.54, 1.807) is 18.2 Å². The highest BCUT2D eigenvalue weighted by Gasteiger charge is 2.74. The molecule has 6 rings (SSSR count). The van der Waals surface area contributed by atoms with Crippen molar-refractivity contribution in [2.45, 2.75) is 38.3 Å². The zero-order valence-corrected chi connectivity index (χ0v) is 18.1. The number of carbonyl (C=O) groups excluding carboxylic acids is 3. The van der Waals surface area contributed by atoms with Crippen molar-refractivity contribution in [2.24, 2.45) is 11.8 Å². The average Bonchev–Trinajstić information content (AvgIpc) is 3.43. The number of aryl methyl sites for hydroxylation is 1. The van der Waals surface area contributed by atoms with Gasteiger partial charge in [0, 0.05) is 22.3 Å². The molecule has 0 bridgehead atoms. The second kappa shape index (κ2) is 6.17. The van der Waals surface area contributed by atoms with Crippen LogP contribution in [-0.2, 0) is 19.9 Å². The number of imide groups is 1. The Bertz CT molecular complexity index is 1190. The van der Waals surface area contributed by atoms with Gasteiger partial charge in [0.05, 0.1) is 17.5 Å². The molecule has 0 unspecified atom stereocenters. The van der Waals surface area contributed by atoms with Gasteiger partial charge < -0.3 is 5.32 Å². The SMILES string of the molecule is Cc1ccc2c(c1)[C@@]1(C(=O)N2)[C@@H]2C(=O)N(c3cccc(Cl)c3C)C(=O)[C@@H]2[C@@H]2CCCN21. The van der Waals surface area contributed by atoms with Crippen molar-refractivity contribution in [3.05, 3.63) is 58.1 Å². The molecule has 31 heavy (non-hydrogen) atoms. The third-order valence-corrected chi connectivity index (χ3v) is 8.04. The van der Waals surface area contributed by atoms with Gasteiger partial charge in [0.2, 0.25) is 17.7 Å². The van der Waals surface area contributed by atoms with E-state index in [0.29, 0.717) is 22.8 Å². The Morgan fingerprint density at radius 2 is 1.90 bits per heavy atom. The van der Waals surface area contributed by atoms with Crippen LogP contribution in [0.1, 0.15) is 29.5 Å². The van der Waals surface area contributed by atoms with Gasteiger partial charge in [-0.3, -0.25) is 19.3 Å². The van der Waals surface area contributed by atoms with Gasteiger partial charge in [0.25, 0.3) is 0 Å². The monoisotopic (exact) mass is 435 g/mol. The molecule has 4 atom stereocenters. The van der Waals surface area contributed by atoms with Crippen molar-refractivity contribution in [1.82, 2.24) is 4.90 Å². The largest absolute Gasteiger partial charge is 0.324 e. The smallest absolute Gasteiger partial charge is 0.250 e. The molecule has 7 heteroatoms. The predicted octanol–water partition coefficient (Wildman–Crippen LogP) is 3.39. The standard InChI is InChI=1S/C24H22ClN3O3/c1-12-8-9-16-14(11-12)24(23(31)26-16)20-19(18-7-4-10-27(18)24)21(29)28(22(20)30)17-6-3-5-15(25)13(17)2/h3,5-6,8-9,11,18-20H,4,7,10H2,1-2H3,(H,26,31)/t18-,19+,20-,24-/m0/s1. The maximum Gasteiger partial charge on any atom is 0.250 e. The number of fused-ring (bicyclic) bond motifs is 7. The van der Waals surface area contributed by atoms with E-state index in [4.69, 9.17) is 11.6 Å². The Morgan fingerprint density at radius 1 is 1.10 bits per heavy atom. The van der Waals surface area contributed by atoms with E-state index in [1.807, 2.05) is 32.0 Å². The van der Waals surface area contributed by atoms with Crippen LogP contribution in [0.5, 0.6) is 0 Å². The Kier molecular flexibility index (Phi) is 3.79. The summed E-state index contributed by atoms with van der Waals surface area (Å²) in [4.78, 5) is 44.7. The fourth-order valence-electron chi connectivity index (χ4n) is 6.39. The van der Waals surface area contributed by atoms with Crippen LogP contribution in [0.4, 0.5) is 11.4 Å². The third kappa shape index (κ3) is 2.14. The van der Waals surface area contributed by atoms with E-state index in [2.05, 4.69) is 10.2 Å². The first-order valence-corrected chi connectivity index (χ1v) is 11.1. The zero-order valence-electron chi connectivity index (χ0n) is 17.3. The van der Waals surface area contributed by atoms with Crippen LogP contribution < -0.4 is 10.2 Å². The van der Waals surface area contributed by atoms with Crippen LogP contribution in [0.3, 0.4) is 0 Å². The quantitative estimate of drug-likeness (QED) is 0.697. The molecule has 0 aromatic heterocycles. The number of hydrogen-bond acceptors (Lipinski definition) is 4. The van der Waals surface area contributed by atoms with Gasteiger partial charge in [-0.05, 0) is 57.0 Å². The fourth-order valence-corrected chi connectivity index (χ4v) is 6.56. The summed E-state index contributed by atoms with van der Waals surface area (Å²) < 4.78 is 0. The lowest BCUT2D eigenvalue weighted by atomic mass is 9.75. The highest BCUT2D eigenvalue weighted by molar-refractivity contribution is 6.32. The molecule has 4 aliphatic heterocycles. The number of carbonyl (C=O) groups is 3. The van der Waals surface area contributed by atoms with E-state index in [-0.39, 0.29) is 23.8 Å². The van der Waals surface area contributed by atoms with Gasteiger partial charge in [-0.25, -0.2) is 4.90 Å². The minimum Gasteiger partial charge on any atom is -0.324 e. The minimum atomic E-state index is -1.14. The first-order valence-electron chi connectivity index (χ1n) is 10.7. The van der Waals surface area contributed by atoms with Crippen molar-refractivity contribution in [2.75, 3.05) is 16.8 Å². The first kappa shape index (κ1) is 19.0. The Labute approximate surface area is 185 Å².